The zero-order valence-corrected chi connectivity index (χ0v) is 11.9. The molecule has 0 radical (unpaired) electrons. The number of rotatable bonds is 3. The Morgan fingerprint density at radius 3 is 2.81 bits per heavy atom. The van der Waals surface area contributed by atoms with E-state index in [4.69, 9.17) is 16.9 Å². The highest BCUT2D eigenvalue weighted by molar-refractivity contribution is 6.31. The van der Waals surface area contributed by atoms with Gasteiger partial charge in [0.1, 0.15) is 6.07 Å². The molecule has 0 amide bonds. The van der Waals surface area contributed by atoms with Crippen LogP contribution in [0.25, 0.3) is 10.9 Å². The summed E-state index contributed by atoms with van der Waals surface area (Å²) in [6.07, 6.45) is 0. The zero-order chi connectivity index (χ0) is 14.7. The van der Waals surface area contributed by atoms with Crippen molar-refractivity contribution in [1.82, 2.24) is 4.98 Å². The molecule has 0 spiro atoms. The molecule has 1 N–H and O–H groups in total. The second kappa shape index (κ2) is 5.82. The van der Waals surface area contributed by atoms with E-state index in [2.05, 4.69) is 22.4 Å². The number of halogens is 1. The average Bonchev–Trinajstić information content (AvgIpc) is 2.54. The molecule has 0 fully saturated rings. The third kappa shape index (κ3) is 2.96. The maximum Gasteiger partial charge on any atom is 0.101 e. The fourth-order valence-corrected chi connectivity index (χ4v) is 2.28. The van der Waals surface area contributed by atoms with Crippen molar-refractivity contribution < 1.29 is 0 Å². The second-order valence-corrected chi connectivity index (χ2v) is 5.06. The van der Waals surface area contributed by atoms with Gasteiger partial charge in [-0.3, -0.25) is 4.98 Å². The SMILES string of the molecule is N#Cc1cc(NCc2ccc3ccccc3n2)ccc1Cl. The maximum absolute atomic E-state index is 8.97. The standard InChI is InChI=1S/C17H12ClN3/c18-16-8-7-14(9-13(16)10-19)20-11-15-6-5-12-3-1-2-4-17(12)21-15/h1-9,20H,11H2. The number of nitrogens with one attached hydrogen (secondary N) is 1. The van der Waals surface area contributed by atoms with Crippen LogP contribution in [0.3, 0.4) is 0 Å². The third-order valence-electron chi connectivity index (χ3n) is 3.22. The van der Waals surface area contributed by atoms with Crippen LogP contribution in [-0.2, 0) is 6.54 Å². The third-order valence-corrected chi connectivity index (χ3v) is 3.55. The molecule has 0 bridgehead atoms. The highest BCUT2D eigenvalue weighted by Crippen LogP contribution is 2.20. The molecule has 2 aromatic carbocycles. The number of aromatic nitrogens is 1. The molecule has 3 rings (SSSR count). The van der Waals surface area contributed by atoms with Gasteiger partial charge >= 0.3 is 0 Å². The van der Waals surface area contributed by atoms with Gasteiger partial charge in [-0.15, -0.1) is 0 Å². The van der Waals surface area contributed by atoms with Crippen molar-refractivity contribution in [3.05, 3.63) is 70.9 Å². The smallest absolute Gasteiger partial charge is 0.101 e. The lowest BCUT2D eigenvalue weighted by atomic mass is 10.2. The molecule has 1 heterocycles. The van der Waals surface area contributed by atoms with Crippen LogP contribution in [0.4, 0.5) is 5.69 Å². The van der Waals surface area contributed by atoms with Crippen molar-refractivity contribution in [2.75, 3.05) is 5.32 Å². The Balaban J connectivity index is 1.78. The van der Waals surface area contributed by atoms with Gasteiger partial charge in [-0.2, -0.15) is 5.26 Å². The summed E-state index contributed by atoms with van der Waals surface area (Å²) in [4.78, 5) is 4.60. The Kier molecular flexibility index (Phi) is 3.72. The topological polar surface area (TPSA) is 48.7 Å². The number of nitriles is 1. The fraction of sp³-hybridized carbons (Fsp3) is 0.0588. The number of benzene rings is 2. The molecule has 3 nitrogen and oxygen atoms in total. The Labute approximate surface area is 127 Å². The summed E-state index contributed by atoms with van der Waals surface area (Å²) in [6.45, 7) is 0.595. The van der Waals surface area contributed by atoms with Crippen molar-refractivity contribution in [1.29, 1.82) is 5.26 Å². The van der Waals surface area contributed by atoms with Gasteiger partial charge in [0.05, 0.1) is 28.3 Å². The molecule has 0 aliphatic carbocycles. The highest BCUT2D eigenvalue weighted by Gasteiger charge is 2.02. The summed E-state index contributed by atoms with van der Waals surface area (Å²) in [5.74, 6) is 0. The quantitative estimate of drug-likeness (QED) is 0.780. The van der Waals surface area contributed by atoms with Crippen molar-refractivity contribution in [3.8, 4) is 6.07 Å². The molecule has 102 valence electrons. The van der Waals surface area contributed by atoms with Gasteiger partial charge < -0.3 is 5.32 Å². The molecule has 3 aromatic rings. The predicted molar refractivity (Wildman–Crippen MR) is 85.2 cm³/mol. The molecular weight excluding hydrogens is 282 g/mol. The van der Waals surface area contributed by atoms with Gasteiger partial charge in [-0.05, 0) is 30.3 Å². The Morgan fingerprint density at radius 2 is 1.95 bits per heavy atom. The summed E-state index contributed by atoms with van der Waals surface area (Å²) < 4.78 is 0. The number of para-hydroxylation sites is 1. The largest absolute Gasteiger partial charge is 0.379 e. The number of pyridine rings is 1. The van der Waals surface area contributed by atoms with E-state index in [0.29, 0.717) is 17.1 Å². The molecule has 0 atom stereocenters. The number of anilines is 1. The summed E-state index contributed by atoms with van der Waals surface area (Å²) in [5, 5.41) is 13.8. The monoisotopic (exact) mass is 293 g/mol. The summed E-state index contributed by atoms with van der Waals surface area (Å²) >= 11 is 5.92. The molecule has 0 aliphatic rings. The number of nitrogens with zero attached hydrogens (tertiary/aromatic N) is 2. The van der Waals surface area contributed by atoms with E-state index in [9.17, 15) is 0 Å². The number of hydrogen-bond donors (Lipinski definition) is 1. The Bertz CT molecular complexity index is 837. The summed E-state index contributed by atoms with van der Waals surface area (Å²) in [7, 11) is 0. The van der Waals surface area contributed by atoms with E-state index in [1.807, 2.05) is 36.4 Å². The predicted octanol–water partition coefficient (Wildman–Crippen LogP) is 4.37. The first-order chi connectivity index (χ1) is 10.3. The van der Waals surface area contributed by atoms with Gasteiger partial charge in [0, 0.05) is 11.1 Å². The van der Waals surface area contributed by atoms with Gasteiger partial charge in [0.2, 0.25) is 0 Å². The van der Waals surface area contributed by atoms with Crippen LogP contribution in [0.1, 0.15) is 11.3 Å². The van der Waals surface area contributed by atoms with E-state index in [1.165, 1.54) is 0 Å². The molecule has 0 aliphatic heterocycles. The minimum absolute atomic E-state index is 0.465. The molecule has 0 unspecified atom stereocenters. The normalized spacial score (nSPS) is 10.3. The lowest BCUT2D eigenvalue weighted by molar-refractivity contribution is 1.07. The molecular formula is C17H12ClN3. The van der Waals surface area contributed by atoms with Crippen molar-refractivity contribution in [3.63, 3.8) is 0 Å². The van der Waals surface area contributed by atoms with Crippen molar-refractivity contribution in [2.45, 2.75) is 6.54 Å². The zero-order valence-electron chi connectivity index (χ0n) is 11.2. The fourth-order valence-electron chi connectivity index (χ4n) is 2.12. The van der Waals surface area contributed by atoms with E-state index in [1.54, 1.807) is 12.1 Å². The van der Waals surface area contributed by atoms with E-state index in [0.717, 1.165) is 22.3 Å². The van der Waals surface area contributed by atoms with Crippen molar-refractivity contribution >= 4 is 28.2 Å². The molecule has 1 aromatic heterocycles. The van der Waals surface area contributed by atoms with Crippen LogP contribution >= 0.6 is 11.6 Å². The van der Waals surface area contributed by atoms with Crippen LogP contribution in [-0.4, -0.2) is 4.98 Å². The number of fused-ring (bicyclic) bond motifs is 1. The van der Waals surface area contributed by atoms with E-state index >= 15 is 0 Å². The minimum atomic E-state index is 0.465. The lowest BCUT2D eigenvalue weighted by Crippen LogP contribution is -2.02. The first kappa shape index (κ1) is 13.4. The Morgan fingerprint density at radius 1 is 1.10 bits per heavy atom. The molecule has 0 saturated carbocycles. The van der Waals surface area contributed by atoms with Crippen LogP contribution in [0.5, 0.6) is 0 Å². The first-order valence-corrected chi connectivity index (χ1v) is 6.92. The summed E-state index contributed by atoms with van der Waals surface area (Å²) in [6, 6.07) is 19.4. The van der Waals surface area contributed by atoms with Gasteiger partial charge in [0.25, 0.3) is 0 Å². The molecule has 0 saturated heterocycles. The summed E-state index contributed by atoms with van der Waals surface area (Å²) in [5.41, 5.74) is 3.24. The highest BCUT2D eigenvalue weighted by atomic mass is 35.5. The average molecular weight is 294 g/mol. The minimum Gasteiger partial charge on any atom is -0.379 e. The Hall–Kier alpha value is -2.57. The van der Waals surface area contributed by atoms with Crippen LogP contribution in [0.2, 0.25) is 5.02 Å². The second-order valence-electron chi connectivity index (χ2n) is 4.66. The molecule has 21 heavy (non-hydrogen) atoms. The number of hydrogen-bond acceptors (Lipinski definition) is 3. The van der Waals surface area contributed by atoms with Crippen LogP contribution in [0, 0.1) is 11.3 Å². The van der Waals surface area contributed by atoms with Crippen LogP contribution in [0.15, 0.2) is 54.6 Å². The molecule has 4 heteroatoms. The van der Waals surface area contributed by atoms with Gasteiger partial charge in [-0.1, -0.05) is 35.9 Å². The first-order valence-electron chi connectivity index (χ1n) is 6.54. The van der Waals surface area contributed by atoms with Gasteiger partial charge in [0.15, 0.2) is 0 Å². The van der Waals surface area contributed by atoms with E-state index < -0.39 is 0 Å². The maximum atomic E-state index is 8.97. The van der Waals surface area contributed by atoms with E-state index in [-0.39, 0.29) is 0 Å². The van der Waals surface area contributed by atoms with Crippen molar-refractivity contribution in [2.24, 2.45) is 0 Å². The lowest BCUT2D eigenvalue weighted by Gasteiger charge is -2.08. The van der Waals surface area contributed by atoms with Crippen LogP contribution < -0.4 is 5.32 Å². The van der Waals surface area contributed by atoms with Gasteiger partial charge in [-0.25, -0.2) is 0 Å².